The largest absolute Gasteiger partial charge is 0.476 e. The maximum Gasteiger partial charge on any atom is 0.357 e. The molecule has 0 fully saturated rings. The molecule has 1 aromatic rings. The van der Waals surface area contributed by atoms with E-state index < -0.39 is 27.2 Å². The summed E-state index contributed by atoms with van der Waals surface area (Å²) in [6, 6.07) is 0. The van der Waals surface area contributed by atoms with Gasteiger partial charge in [0.1, 0.15) is 4.90 Å². The lowest BCUT2D eigenvalue weighted by molar-refractivity contribution is 0.0686. The van der Waals surface area contributed by atoms with Crippen LogP contribution in [0.5, 0.6) is 0 Å². The minimum absolute atomic E-state index is 0.143. The number of carbonyl (C=O) groups is 1. The monoisotopic (exact) mass is 291 g/mol. The first-order chi connectivity index (χ1) is 8.60. The highest BCUT2D eigenvalue weighted by Crippen LogP contribution is 2.20. The van der Waals surface area contributed by atoms with Gasteiger partial charge >= 0.3 is 5.97 Å². The van der Waals surface area contributed by atoms with Crippen LogP contribution in [0.1, 0.15) is 36.5 Å². The van der Waals surface area contributed by atoms with E-state index in [1.54, 1.807) is 13.8 Å². The van der Waals surface area contributed by atoms with Crippen LogP contribution in [0, 0.1) is 6.92 Å². The third-order valence-electron chi connectivity index (χ3n) is 2.51. The van der Waals surface area contributed by atoms with Crippen LogP contribution in [-0.4, -0.2) is 46.9 Å². The molecule has 0 aliphatic carbocycles. The SMILES string of the molecule is Cc1[nH]nc(C(=O)O)c1S(=O)(=O)NC(C)(C)CCO. The zero-order valence-electron chi connectivity index (χ0n) is 10.9. The predicted octanol–water partition coefficient (Wildman–Crippen LogP) is -0.144. The Kier molecular flexibility index (Phi) is 4.33. The highest BCUT2D eigenvalue weighted by atomic mass is 32.2. The van der Waals surface area contributed by atoms with Gasteiger partial charge in [-0.25, -0.2) is 17.9 Å². The molecule has 8 nitrogen and oxygen atoms in total. The van der Waals surface area contributed by atoms with Crippen molar-refractivity contribution >= 4 is 16.0 Å². The average molecular weight is 291 g/mol. The number of aliphatic hydroxyl groups excluding tert-OH is 1. The van der Waals surface area contributed by atoms with Crippen molar-refractivity contribution in [3.8, 4) is 0 Å². The predicted molar refractivity (Wildman–Crippen MR) is 66.4 cm³/mol. The number of aryl methyl sites for hydroxylation is 1. The summed E-state index contributed by atoms with van der Waals surface area (Å²) in [5, 5.41) is 23.6. The standard InChI is InChI=1S/C10H17N3O5S/c1-6-8(7(9(15)16)12-11-6)19(17,18)13-10(2,3)4-5-14/h13-14H,4-5H2,1-3H3,(H,11,12)(H,15,16). The lowest BCUT2D eigenvalue weighted by Gasteiger charge is -2.24. The zero-order valence-corrected chi connectivity index (χ0v) is 11.7. The highest BCUT2D eigenvalue weighted by Gasteiger charge is 2.32. The van der Waals surface area contributed by atoms with Crippen molar-refractivity contribution in [1.29, 1.82) is 0 Å². The first-order valence-electron chi connectivity index (χ1n) is 5.54. The number of aromatic nitrogens is 2. The van der Waals surface area contributed by atoms with Crippen molar-refractivity contribution in [3.63, 3.8) is 0 Å². The molecule has 0 radical (unpaired) electrons. The first kappa shape index (κ1) is 15.6. The van der Waals surface area contributed by atoms with Gasteiger partial charge in [-0.3, -0.25) is 5.10 Å². The van der Waals surface area contributed by atoms with Crippen LogP contribution in [0.2, 0.25) is 0 Å². The van der Waals surface area contributed by atoms with E-state index >= 15 is 0 Å². The molecule has 0 atom stereocenters. The number of H-pyrrole nitrogens is 1. The van der Waals surface area contributed by atoms with Gasteiger partial charge in [-0.15, -0.1) is 0 Å². The molecule has 1 aromatic heterocycles. The smallest absolute Gasteiger partial charge is 0.357 e. The number of aliphatic hydroxyl groups is 1. The first-order valence-corrected chi connectivity index (χ1v) is 7.02. The second kappa shape index (κ2) is 5.27. The number of aromatic amines is 1. The molecule has 0 unspecified atom stereocenters. The van der Waals surface area contributed by atoms with Crippen LogP contribution in [0.3, 0.4) is 0 Å². The fraction of sp³-hybridized carbons (Fsp3) is 0.600. The van der Waals surface area contributed by atoms with Crippen molar-refractivity contribution in [2.24, 2.45) is 0 Å². The molecular weight excluding hydrogens is 274 g/mol. The van der Waals surface area contributed by atoms with Gasteiger partial charge in [0.25, 0.3) is 0 Å². The fourth-order valence-corrected chi connectivity index (χ4v) is 3.41. The molecule has 9 heteroatoms. The van der Waals surface area contributed by atoms with Crippen molar-refractivity contribution < 1.29 is 23.4 Å². The maximum absolute atomic E-state index is 12.2. The Hall–Kier alpha value is -1.45. The molecule has 0 aliphatic rings. The summed E-state index contributed by atoms with van der Waals surface area (Å²) < 4.78 is 26.8. The van der Waals surface area contributed by atoms with Crippen LogP contribution >= 0.6 is 0 Å². The summed E-state index contributed by atoms with van der Waals surface area (Å²) in [6.45, 7) is 4.42. The molecule has 0 spiro atoms. The molecule has 0 saturated carbocycles. The Morgan fingerprint density at radius 1 is 1.47 bits per heavy atom. The Labute approximate surface area is 110 Å². The van der Waals surface area contributed by atoms with E-state index in [-0.39, 0.29) is 23.6 Å². The Balaban J connectivity index is 3.22. The van der Waals surface area contributed by atoms with Gasteiger partial charge in [-0.1, -0.05) is 0 Å². The molecule has 1 rings (SSSR count). The average Bonchev–Trinajstić information content (AvgIpc) is 2.58. The Morgan fingerprint density at radius 3 is 2.53 bits per heavy atom. The van der Waals surface area contributed by atoms with Crippen LogP contribution in [-0.2, 0) is 10.0 Å². The lowest BCUT2D eigenvalue weighted by atomic mass is 10.0. The van der Waals surface area contributed by atoms with Gasteiger partial charge in [0.2, 0.25) is 10.0 Å². The summed E-state index contributed by atoms with van der Waals surface area (Å²) in [7, 11) is -4.04. The van der Waals surface area contributed by atoms with Crippen LogP contribution in [0.15, 0.2) is 4.90 Å². The minimum atomic E-state index is -4.04. The van der Waals surface area contributed by atoms with Gasteiger partial charge in [0.15, 0.2) is 5.69 Å². The third-order valence-corrected chi connectivity index (χ3v) is 4.37. The second-order valence-electron chi connectivity index (χ2n) is 4.79. The third kappa shape index (κ3) is 3.52. The molecule has 0 amide bonds. The Bertz CT molecular complexity index is 576. The molecule has 4 N–H and O–H groups in total. The number of carboxylic acids is 1. The molecule has 1 heterocycles. The molecule has 0 saturated heterocycles. The number of nitrogens with zero attached hydrogens (tertiary/aromatic N) is 1. The van der Waals surface area contributed by atoms with Crippen LogP contribution < -0.4 is 4.72 Å². The van der Waals surface area contributed by atoms with Crippen LogP contribution in [0.4, 0.5) is 0 Å². The van der Waals surface area contributed by atoms with Crippen molar-refractivity contribution in [1.82, 2.24) is 14.9 Å². The lowest BCUT2D eigenvalue weighted by Crippen LogP contribution is -2.44. The Morgan fingerprint density at radius 2 is 2.05 bits per heavy atom. The van der Waals surface area contributed by atoms with E-state index in [9.17, 15) is 13.2 Å². The van der Waals surface area contributed by atoms with Crippen molar-refractivity contribution in [2.45, 2.75) is 37.6 Å². The van der Waals surface area contributed by atoms with E-state index in [0.717, 1.165) is 0 Å². The normalized spacial score (nSPS) is 12.6. The van der Waals surface area contributed by atoms with Gasteiger partial charge in [0, 0.05) is 12.1 Å². The number of sulfonamides is 1. The van der Waals surface area contributed by atoms with E-state index in [4.69, 9.17) is 10.2 Å². The highest BCUT2D eigenvalue weighted by molar-refractivity contribution is 7.89. The number of aromatic carboxylic acids is 1. The zero-order chi connectivity index (χ0) is 14.8. The topological polar surface area (TPSA) is 132 Å². The number of carboxylic acid groups (broad SMARTS) is 1. The van der Waals surface area contributed by atoms with Gasteiger partial charge in [0.05, 0.1) is 5.69 Å². The number of hydrogen-bond acceptors (Lipinski definition) is 5. The van der Waals surface area contributed by atoms with E-state index in [1.165, 1.54) is 6.92 Å². The molecular formula is C10H17N3O5S. The summed E-state index contributed by atoms with van der Waals surface area (Å²) in [4.78, 5) is 10.6. The molecule has 108 valence electrons. The number of hydrogen-bond donors (Lipinski definition) is 4. The number of rotatable bonds is 6. The van der Waals surface area contributed by atoms with E-state index in [0.29, 0.717) is 0 Å². The summed E-state index contributed by atoms with van der Waals surface area (Å²) in [5.41, 5.74) is -1.30. The summed E-state index contributed by atoms with van der Waals surface area (Å²) >= 11 is 0. The maximum atomic E-state index is 12.2. The molecule has 0 bridgehead atoms. The summed E-state index contributed by atoms with van der Waals surface area (Å²) in [6.07, 6.45) is 0.200. The molecule has 19 heavy (non-hydrogen) atoms. The summed E-state index contributed by atoms with van der Waals surface area (Å²) in [5.74, 6) is -1.43. The van der Waals surface area contributed by atoms with Crippen molar-refractivity contribution in [2.75, 3.05) is 6.61 Å². The van der Waals surface area contributed by atoms with Crippen LogP contribution in [0.25, 0.3) is 0 Å². The van der Waals surface area contributed by atoms with Crippen molar-refractivity contribution in [3.05, 3.63) is 11.4 Å². The van der Waals surface area contributed by atoms with E-state index in [2.05, 4.69) is 14.9 Å². The van der Waals surface area contributed by atoms with Gasteiger partial charge < -0.3 is 10.2 Å². The fourth-order valence-electron chi connectivity index (χ4n) is 1.64. The second-order valence-corrected chi connectivity index (χ2v) is 6.41. The minimum Gasteiger partial charge on any atom is -0.476 e. The number of nitrogens with one attached hydrogen (secondary N) is 2. The van der Waals surface area contributed by atoms with Gasteiger partial charge in [-0.2, -0.15) is 5.10 Å². The molecule has 0 aromatic carbocycles. The van der Waals surface area contributed by atoms with E-state index in [1.807, 2.05) is 0 Å². The quantitative estimate of drug-likeness (QED) is 0.576. The molecule has 0 aliphatic heterocycles. The van der Waals surface area contributed by atoms with Gasteiger partial charge in [-0.05, 0) is 27.2 Å².